The molecule has 5 nitrogen and oxygen atoms in total. The average Bonchev–Trinajstić information content (AvgIpc) is 2.54. The summed E-state index contributed by atoms with van der Waals surface area (Å²) >= 11 is 0. The van der Waals surface area contributed by atoms with E-state index in [0.29, 0.717) is 0 Å². The first kappa shape index (κ1) is 19.2. The van der Waals surface area contributed by atoms with E-state index in [0.717, 1.165) is 5.56 Å². The van der Waals surface area contributed by atoms with E-state index >= 15 is 0 Å². The molecule has 2 atom stereocenters. The number of ether oxygens (including phenoxy) is 2. The molecule has 0 saturated heterocycles. The maximum absolute atomic E-state index is 12.3. The first-order valence-electron chi connectivity index (χ1n) is 7.73. The van der Waals surface area contributed by atoms with E-state index in [4.69, 9.17) is 9.47 Å². The summed E-state index contributed by atoms with van der Waals surface area (Å²) in [6, 6.07) is 8.66. The Kier molecular flexibility index (Phi) is 6.76. The highest BCUT2D eigenvalue weighted by Crippen LogP contribution is 2.35. The maximum Gasteiger partial charge on any atom is 0.323 e. The minimum Gasteiger partial charge on any atom is -0.469 e. The van der Waals surface area contributed by atoms with Crippen molar-refractivity contribution in [3.8, 4) is 0 Å². The van der Waals surface area contributed by atoms with Gasteiger partial charge in [0.15, 0.2) is 0 Å². The van der Waals surface area contributed by atoms with Crippen molar-refractivity contribution < 1.29 is 19.1 Å². The minimum absolute atomic E-state index is 0.0158. The molecule has 5 heteroatoms. The Balaban J connectivity index is 3.24. The Labute approximate surface area is 138 Å². The molecule has 0 heterocycles. The molecule has 0 aliphatic heterocycles. The molecule has 0 aliphatic rings. The Hall–Kier alpha value is -1.88. The van der Waals surface area contributed by atoms with Crippen LogP contribution in [0.3, 0.4) is 0 Å². The van der Waals surface area contributed by atoms with Gasteiger partial charge in [-0.25, -0.2) is 0 Å². The third kappa shape index (κ3) is 4.55. The van der Waals surface area contributed by atoms with Gasteiger partial charge < -0.3 is 9.47 Å². The van der Waals surface area contributed by atoms with Crippen LogP contribution in [0.1, 0.15) is 39.3 Å². The molecule has 128 valence electrons. The third-order valence-electron chi connectivity index (χ3n) is 4.03. The fourth-order valence-corrected chi connectivity index (χ4v) is 2.59. The molecule has 0 aromatic heterocycles. The molecule has 1 N–H and O–H groups in total. The van der Waals surface area contributed by atoms with E-state index in [1.165, 1.54) is 14.2 Å². The van der Waals surface area contributed by atoms with Crippen LogP contribution in [0.25, 0.3) is 0 Å². The van der Waals surface area contributed by atoms with Gasteiger partial charge in [0.05, 0.1) is 19.6 Å². The van der Waals surface area contributed by atoms with Crippen molar-refractivity contribution in [2.24, 2.45) is 11.3 Å². The summed E-state index contributed by atoms with van der Waals surface area (Å²) in [5, 5.41) is 3.30. The van der Waals surface area contributed by atoms with Crippen LogP contribution < -0.4 is 5.32 Å². The van der Waals surface area contributed by atoms with Gasteiger partial charge in [-0.2, -0.15) is 0 Å². The number of methoxy groups -OCH3 is 2. The number of rotatable bonds is 7. The number of carbonyl (C=O) groups is 2. The average molecular weight is 321 g/mol. The second-order valence-corrected chi connectivity index (χ2v) is 6.47. The fraction of sp³-hybridized carbons (Fsp3) is 0.556. The van der Waals surface area contributed by atoms with Crippen molar-refractivity contribution in [1.82, 2.24) is 5.32 Å². The van der Waals surface area contributed by atoms with E-state index in [2.05, 4.69) is 5.32 Å². The summed E-state index contributed by atoms with van der Waals surface area (Å²) < 4.78 is 9.84. The first-order chi connectivity index (χ1) is 10.8. The quantitative estimate of drug-likeness (QED) is 0.782. The normalized spacial score (nSPS) is 14.2. The zero-order valence-corrected chi connectivity index (χ0v) is 14.8. The maximum atomic E-state index is 12.3. The largest absolute Gasteiger partial charge is 0.469 e. The van der Waals surface area contributed by atoms with Gasteiger partial charge in [0.25, 0.3) is 0 Å². The monoisotopic (exact) mass is 321 g/mol. The number of benzene rings is 1. The van der Waals surface area contributed by atoms with Crippen LogP contribution in [-0.2, 0) is 19.1 Å². The summed E-state index contributed by atoms with van der Waals surface area (Å²) in [7, 11) is 2.73. The lowest BCUT2D eigenvalue weighted by atomic mass is 9.79. The van der Waals surface area contributed by atoms with Gasteiger partial charge in [-0.3, -0.25) is 14.9 Å². The second-order valence-electron chi connectivity index (χ2n) is 6.47. The summed E-state index contributed by atoms with van der Waals surface area (Å²) in [6.07, 6.45) is 0. The Morgan fingerprint density at radius 1 is 1.04 bits per heavy atom. The SMILES string of the molecule is COC(=O)[C@@H](NC(c1ccccc1)C(C)(C)C(=O)OC)C(C)C. The molecule has 0 amide bonds. The molecule has 1 unspecified atom stereocenters. The van der Waals surface area contributed by atoms with Gasteiger partial charge >= 0.3 is 11.9 Å². The molecule has 0 radical (unpaired) electrons. The highest BCUT2D eigenvalue weighted by molar-refractivity contribution is 5.78. The van der Waals surface area contributed by atoms with Crippen LogP contribution in [0.4, 0.5) is 0 Å². The number of carbonyl (C=O) groups excluding carboxylic acids is 2. The predicted octanol–water partition coefficient (Wildman–Crippen LogP) is 2.71. The van der Waals surface area contributed by atoms with Crippen molar-refractivity contribution in [2.75, 3.05) is 14.2 Å². The van der Waals surface area contributed by atoms with Crippen molar-refractivity contribution in [1.29, 1.82) is 0 Å². The van der Waals surface area contributed by atoms with E-state index in [1.807, 2.05) is 44.2 Å². The molecule has 0 bridgehead atoms. The third-order valence-corrected chi connectivity index (χ3v) is 4.03. The molecule has 0 spiro atoms. The first-order valence-corrected chi connectivity index (χ1v) is 7.73. The Bertz CT molecular complexity index is 525. The van der Waals surface area contributed by atoms with Gasteiger partial charge in [0, 0.05) is 6.04 Å². The molecule has 1 rings (SSSR count). The van der Waals surface area contributed by atoms with Crippen molar-refractivity contribution in [3.63, 3.8) is 0 Å². The summed E-state index contributed by atoms with van der Waals surface area (Å²) in [6.45, 7) is 7.47. The van der Waals surface area contributed by atoms with E-state index in [9.17, 15) is 9.59 Å². The molecular weight excluding hydrogens is 294 g/mol. The molecule has 0 aliphatic carbocycles. The highest BCUT2D eigenvalue weighted by atomic mass is 16.5. The molecule has 1 aromatic carbocycles. The van der Waals surface area contributed by atoms with Gasteiger partial charge in [-0.05, 0) is 25.3 Å². The standard InChI is InChI=1S/C18H27NO4/c1-12(2)14(16(20)22-5)19-15(13-10-8-7-9-11-13)18(3,4)17(21)23-6/h7-12,14-15,19H,1-6H3/t14-,15?/m0/s1. The second kappa shape index (κ2) is 8.11. The summed E-state index contributed by atoms with van der Waals surface area (Å²) in [5.41, 5.74) is 0.0644. The summed E-state index contributed by atoms with van der Waals surface area (Å²) in [4.78, 5) is 24.3. The van der Waals surface area contributed by atoms with Crippen LogP contribution in [0.15, 0.2) is 30.3 Å². The lowest BCUT2D eigenvalue weighted by Gasteiger charge is -2.36. The highest BCUT2D eigenvalue weighted by Gasteiger charge is 2.41. The topological polar surface area (TPSA) is 64.6 Å². The van der Waals surface area contributed by atoms with Crippen molar-refractivity contribution in [2.45, 2.75) is 39.8 Å². The van der Waals surface area contributed by atoms with Gasteiger partial charge in [0.1, 0.15) is 6.04 Å². The molecular formula is C18H27NO4. The zero-order chi connectivity index (χ0) is 17.6. The number of esters is 2. The lowest BCUT2D eigenvalue weighted by molar-refractivity contribution is -0.154. The zero-order valence-electron chi connectivity index (χ0n) is 14.8. The van der Waals surface area contributed by atoms with E-state index in [-0.39, 0.29) is 23.9 Å². The fourth-order valence-electron chi connectivity index (χ4n) is 2.59. The smallest absolute Gasteiger partial charge is 0.323 e. The van der Waals surface area contributed by atoms with Crippen LogP contribution in [0, 0.1) is 11.3 Å². The number of hydrogen-bond donors (Lipinski definition) is 1. The van der Waals surface area contributed by atoms with E-state index in [1.54, 1.807) is 13.8 Å². The molecule has 0 fully saturated rings. The van der Waals surface area contributed by atoms with Crippen LogP contribution in [-0.4, -0.2) is 32.2 Å². The van der Waals surface area contributed by atoms with Gasteiger partial charge in [-0.1, -0.05) is 44.2 Å². The van der Waals surface area contributed by atoms with Crippen molar-refractivity contribution >= 4 is 11.9 Å². The molecule has 0 saturated carbocycles. The van der Waals surface area contributed by atoms with E-state index < -0.39 is 11.5 Å². The summed E-state index contributed by atoms with van der Waals surface area (Å²) in [5.74, 6) is -0.671. The molecule has 1 aromatic rings. The van der Waals surface area contributed by atoms with Crippen molar-refractivity contribution in [3.05, 3.63) is 35.9 Å². The molecule has 23 heavy (non-hydrogen) atoms. The number of hydrogen-bond acceptors (Lipinski definition) is 5. The Morgan fingerprint density at radius 2 is 1.61 bits per heavy atom. The van der Waals surface area contributed by atoms with Gasteiger partial charge in [0.2, 0.25) is 0 Å². The van der Waals surface area contributed by atoms with Crippen LogP contribution in [0.5, 0.6) is 0 Å². The van der Waals surface area contributed by atoms with Gasteiger partial charge in [-0.15, -0.1) is 0 Å². The lowest BCUT2D eigenvalue weighted by Crippen LogP contribution is -2.49. The van der Waals surface area contributed by atoms with Crippen LogP contribution >= 0.6 is 0 Å². The van der Waals surface area contributed by atoms with Crippen LogP contribution in [0.2, 0.25) is 0 Å². The predicted molar refractivity (Wildman–Crippen MR) is 88.8 cm³/mol. The Morgan fingerprint density at radius 3 is 2.04 bits per heavy atom. The minimum atomic E-state index is -0.850. The number of nitrogens with one attached hydrogen (secondary N) is 1.